The highest BCUT2D eigenvalue weighted by molar-refractivity contribution is 5.88. The SMILES string of the molecule is CCCCNC(=O)[C@@H](Cc1ccccc1)N(Cc1ccc(F)cc1)C(=O)CCc1ccc2c(c1)OCO2. The summed E-state index contributed by atoms with van der Waals surface area (Å²) in [6, 6.07) is 20.7. The third kappa shape index (κ3) is 7.32. The third-order valence-electron chi connectivity index (χ3n) is 6.43. The Kier molecular flexibility index (Phi) is 9.13. The van der Waals surface area contributed by atoms with E-state index in [-0.39, 0.29) is 37.4 Å². The van der Waals surface area contributed by atoms with Gasteiger partial charge in [0.05, 0.1) is 0 Å². The van der Waals surface area contributed by atoms with Crippen LogP contribution in [0.3, 0.4) is 0 Å². The molecule has 1 heterocycles. The first kappa shape index (κ1) is 26.2. The lowest BCUT2D eigenvalue weighted by Gasteiger charge is -2.31. The van der Waals surface area contributed by atoms with Crippen molar-refractivity contribution in [2.75, 3.05) is 13.3 Å². The number of hydrogen-bond acceptors (Lipinski definition) is 4. The van der Waals surface area contributed by atoms with Gasteiger partial charge < -0.3 is 19.7 Å². The highest BCUT2D eigenvalue weighted by atomic mass is 19.1. The number of hydrogen-bond donors (Lipinski definition) is 1. The van der Waals surface area contributed by atoms with E-state index < -0.39 is 6.04 Å². The lowest BCUT2D eigenvalue weighted by molar-refractivity contribution is -0.141. The number of carbonyl (C=O) groups excluding carboxylic acids is 2. The second-order valence-corrected chi connectivity index (χ2v) is 9.19. The Balaban J connectivity index is 1.57. The second-order valence-electron chi connectivity index (χ2n) is 9.19. The predicted octanol–water partition coefficient (Wildman–Crippen LogP) is 5.04. The number of aryl methyl sites for hydroxylation is 1. The van der Waals surface area contributed by atoms with Gasteiger partial charge in [0.1, 0.15) is 11.9 Å². The van der Waals surface area contributed by atoms with Crippen LogP contribution in [0.4, 0.5) is 4.39 Å². The average Bonchev–Trinajstić information content (AvgIpc) is 3.39. The normalized spacial score (nSPS) is 12.7. The van der Waals surface area contributed by atoms with Gasteiger partial charge in [0, 0.05) is 25.9 Å². The molecule has 0 bridgehead atoms. The number of rotatable bonds is 12. The molecule has 4 rings (SSSR count). The molecule has 0 aliphatic carbocycles. The first-order valence-corrected chi connectivity index (χ1v) is 12.8. The number of fused-ring (bicyclic) bond motifs is 1. The summed E-state index contributed by atoms with van der Waals surface area (Å²) >= 11 is 0. The maximum absolute atomic E-state index is 13.7. The van der Waals surface area contributed by atoms with Crippen molar-refractivity contribution in [2.24, 2.45) is 0 Å². The molecule has 2 amide bonds. The van der Waals surface area contributed by atoms with E-state index in [4.69, 9.17) is 9.47 Å². The van der Waals surface area contributed by atoms with Crippen molar-refractivity contribution in [2.45, 2.75) is 51.6 Å². The zero-order valence-corrected chi connectivity index (χ0v) is 21.1. The highest BCUT2D eigenvalue weighted by Crippen LogP contribution is 2.33. The van der Waals surface area contributed by atoms with Gasteiger partial charge in [-0.05, 0) is 53.8 Å². The fraction of sp³-hybridized carbons (Fsp3) is 0.333. The van der Waals surface area contributed by atoms with Crippen molar-refractivity contribution in [3.8, 4) is 11.5 Å². The average molecular weight is 505 g/mol. The summed E-state index contributed by atoms with van der Waals surface area (Å²) in [5.74, 6) is 0.692. The van der Waals surface area contributed by atoms with Crippen LogP contribution in [0.5, 0.6) is 11.5 Å². The minimum Gasteiger partial charge on any atom is -0.454 e. The summed E-state index contributed by atoms with van der Waals surface area (Å²) in [6.07, 6.45) is 2.91. The molecule has 7 heteroatoms. The van der Waals surface area contributed by atoms with Crippen LogP contribution in [-0.4, -0.2) is 36.1 Å². The molecule has 0 unspecified atom stereocenters. The van der Waals surface area contributed by atoms with E-state index in [2.05, 4.69) is 12.2 Å². The van der Waals surface area contributed by atoms with Crippen molar-refractivity contribution in [3.05, 3.63) is 95.3 Å². The molecule has 1 aliphatic rings. The predicted molar refractivity (Wildman–Crippen MR) is 140 cm³/mol. The van der Waals surface area contributed by atoms with Crippen LogP contribution in [0.1, 0.15) is 42.9 Å². The number of ether oxygens (including phenoxy) is 2. The van der Waals surface area contributed by atoms with Gasteiger partial charge in [-0.2, -0.15) is 0 Å². The smallest absolute Gasteiger partial charge is 0.243 e. The number of unbranched alkanes of at least 4 members (excludes halogenated alkanes) is 1. The molecular weight excluding hydrogens is 471 g/mol. The lowest BCUT2D eigenvalue weighted by atomic mass is 10.0. The molecule has 1 aliphatic heterocycles. The van der Waals surface area contributed by atoms with E-state index in [1.807, 2.05) is 48.5 Å². The molecule has 1 atom stereocenters. The molecule has 0 saturated heterocycles. The molecule has 0 spiro atoms. The van der Waals surface area contributed by atoms with Gasteiger partial charge in [-0.1, -0.05) is 61.9 Å². The van der Waals surface area contributed by atoms with Gasteiger partial charge in [0.15, 0.2) is 11.5 Å². The standard InChI is InChI=1S/C30H33FN2O4/c1-2-3-17-32-30(35)26(18-22-7-5-4-6-8-22)33(20-24-9-13-25(31)14-10-24)29(34)16-12-23-11-15-27-28(19-23)37-21-36-27/h4-11,13-15,19,26H,2-3,12,16-18,20-21H2,1H3,(H,32,35)/t26-/m1/s1. The Bertz CT molecular complexity index is 1180. The van der Waals surface area contributed by atoms with Crippen LogP contribution < -0.4 is 14.8 Å². The minimum atomic E-state index is -0.700. The van der Waals surface area contributed by atoms with Crippen LogP contribution in [0, 0.1) is 5.82 Å². The van der Waals surface area contributed by atoms with Gasteiger partial charge in [0.25, 0.3) is 0 Å². The monoisotopic (exact) mass is 504 g/mol. The van der Waals surface area contributed by atoms with E-state index >= 15 is 0 Å². The first-order valence-electron chi connectivity index (χ1n) is 12.8. The summed E-state index contributed by atoms with van der Waals surface area (Å²) in [5, 5.41) is 3.01. The topological polar surface area (TPSA) is 67.9 Å². The summed E-state index contributed by atoms with van der Waals surface area (Å²) in [4.78, 5) is 28.8. The largest absolute Gasteiger partial charge is 0.454 e. The maximum atomic E-state index is 13.7. The summed E-state index contributed by atoms with van der Waals surface area (Å²) in [5.41, 5.74) is 2.68. The minimum absolute atomic E-state index is 0.145. The molecule has 0 aromatic heterocycles. The number of halogens is 1. The van der Waals surface area contributed by atoms with Crippen LogP contribution in [0.15, 0.2) is 72.8 Å². The molecule has 1 N–H and O–H groups in total. The van der Waals surface area contributed by atoms with E-state index in [0.717, 1.165) is 29.5 Å². The quantitative estimate of drug-likeness (QED) is 0.351. The van der Waals surface area contributed by atoms with Crippen LogP contribution in [0.2, 0.25) is 0 Å². The molecular formula is C30H33FN2O4. The number of nitrogens with zero attached hydrogens (tertiary/aromatic N) is 1. The van der Waals surface area contributed by atoms with E-state index in [1.54, 1.807) is 17.0 Å². The van der Waals surface area contributed by atoms with Gasteiger partial charge in [-0.25, -0.2) is 4.39 Å². The molecule has 0 radical (unpaired) electrons. The van der Waals surface area contributed by atoms with Gasteiger partial charge in [-0.3, -0.25) is 9.59 Å². The summed E-state index contributed by atoms with van der Waals surface area (Å²) in [6.45, 7) is 3.01. The molecule has 0 fully saturated rings. The van der Waals surface area contributed by atoms with E-state index in [1.165, 1.54) is 12.1 Å². The van der Waals surface area contributed by atoms with Gasteiger partial charge in [0.2, 0.25) is 18.6 Å². The number of benzene rings is 3. The van der Waals surface area contributed by atoms with Crippen LogP contribution in [0.25, 0.3) is 0 Å². The molecule has 0 saturated carbocycles. The number of carbonyl (C=O) groups is 2. The first-order chi connectivity index (χ1) is 18.0. The number of amides is 2. The van der Waals surface area contributed by atoms with Crippen molar-refractivity contribution < 1.29 is 23.5 Å². The Hall–Kier alpha value is -3.87. The van der Waals surface area contributed by atoms with Crippen molar-refractivity contribution in [1.29, 1.82) is 0 Å². The fourth-order valence-corrected chi connectivity index (χ4v) is 4.34. The lowest BCUT2D eigenvalue weighted by Crippen LogP contribution is -2.50. The molecule has 3 aromatic carbocycles. The van der Waals surface area contributed by atoms with Crippen LogP contribution in [-0.2, 0) is 29.0 Å². The van der Waals surface area contributed by atoms with Gasteiger partial charge in [-0.15, -0.1) is 0 Å². The van der Waals surface area contributed by atoms with E-state index in [9.17, 15) is 14.0 Å². The zero-order valence-electron chi connectivity index (χ0n) is 21.1. The maximum Gasteiger partial charge on any atom is 0.243 e. The van der Waals surface area contributed by atoms with Crippen molar-refractivity contribution >= 4 is 11.8 Å². The Morgan fingerprint density at radius 1 is 0.946 bits per heavy atom. The van der Waals surface area contributed by atoms with Crippen molar-refractivity contribution in [3.63, 3.8) is 0 Å². The highest BCUT2D eigenvalue weighted by Gasteiger charge is 2.30. The third-order valence-corrected chi connectivity index (χ3v) is 6.43. The Morgan fingerprint density at radius 2 is 1.68 bits per heavy atom. The molecule has 37 heavy (non-hydrogen) atoms. The second kappa shape index (κ2) is 12.9. The van der Waals surface area contributed by atoms with Crippen molar-refractivity contribution in [1.82, 2.24) is 10.2 Å². The fourth-order valence-electron chi connectivity index (χ4n) is 4.34. The number of nitrogens with one attached hydrogen (secondary N) is 1. The zero-order chi connectivity index (χ0) is 26.0. The summed E-state index contributed by atoms with van der Waals surface area (Å²) < 4.78 is 24.4. The molecule has 3 aromatic rings. The van der Waals surface area contributed by atoms with E-state index in [0.29, 0.717) is 30.9 Å². The summed E-state index contributed by atoms with van der Waals surface area (Å²) in [7, 11) is 0. The molecule has 194 valence electrons. The van der Waals surface area contributed by atoms with Crippen LogP contribution >= 0.6 is 0 Å². The Labute approximate surface area is 217 Å². The van der Waals surface area contributed by atoms with Gasteiger partial charge >= 0.3 is 0 Å². The molecule has 6 nitrogen and oxygen atoms in total. The Morgan fingerprint density at radius 3 is 2.43 bits per heavy atom.